The van der Waals surface area contributed by atoms with E-state index in [1.54, 1.807) is 12.1 Å². The van der Waals surface area contributed by atoms with Gasteiger partial charge in [0.2, 0.25) is 11.8 Å². The van der Waals surface area contributed by atoms with E-state index in [1.807, 2.05) is 13.8 Å². The van der Waals surface area contributed by atoms with Gasteiger partial charge in [0.15, 0.2) is 0 Å². The lowest BCUT2D eigenvalue weighted by Crippen LogP contribution is -2.55. The Balaban J connectivity index is 1.16. The molecular weight excluding hydrogens is 494 g/mol. The number of benzene rings is 1. The van der Waals surface area contributed by atoms with Crippen molar-refractivity contribution >= 4 is 17.7 Å². The molecule has 2 aromatic rings. The zero-order chi connectivity index (χ0) is 27.6. The lowest BCUT2D eigenvalue weighted by Gasteiger charge is -2.50. The van der Waals surface area contributed by atoms with Crippen LogP contribution < -0.4 is 5.32 Å². The maximum Gasteiger partial charge on any atom is 0.256 e. The first-order valence-electron chi connectivity index (χ1n) is 13.7. The van der Waals surface area contributed by atoms with Gasteiger partial charge >= 0.3 is 0 Å². The minimum absolute atomic E-state index is 0.181. The summed E-state index contributed by atoms with van der Waals surface area (Å²) < 4.78 is 0. The average Bonchev–Trinajstić information content (AvgIpc) is 3.64. The number of piperidine rings is 2. The number of aliphatic hydroxyl groups is 1. The highest BCUT2D eigenvalue weighted by atomic mass is 16.3. The van der Waals surface area contributed by atoms with Crippen LogP contribution in [0.1, 0.15) is 78.8 Å². The van der Waals surface area contributed by atoms with Crippen molar-refractivity contribution in [2.24, 2.45) is 5.41 Å². The van der Waals surface area contributed by atoms with E-state index < -0.39 is 23.0 Å². The van der Waals surface area contributed by atoms with E-state index in [0.717, 1.165) is 24.9 Å². The summed E-state index contributed by atoms with van der Waals surface area (Å²) in [6.07, 6.45) is 2.85. The first-order valence-corrected chi connectivity index (χ1v) is 13.7. The number of imide groups is 1. The van der Waals surface area contributed by atoms with Gasteiger partial charge < -0.3 is 10.0 Å². The van der Waals surface area contributed by atoms with Crippen LogP contribution in [0, 0.1) is 16.7 Å². The Morgan fingerprint density at radius 1 is 1.10 bits per heavy atom. The van der Waals surface area contributed by atoms with Crippen molar-refractivity contribution in [1.29, 1.82) is 5.26 Å². The van der Waals surface area contributed by atoms with Crippen LogP contribution in [0.4, 0.5) is 0 Å². The number of amides is 3. The van der Waals surface area contributed by atoms with E-state index in [9.17, 15) is 24.8 Å². The molecule has 1 aromatic carbocycles. The van der Waals surface area contributed by atoms with E-state index in [-0.39, 0.29) is 30.2 Å². The second-order valence-corrected chi connectivity index (χ2v) is 12.2. The minimum Gasteiger partial charge on any atom is -0.383 e. The van der Waals surface area contributed by atoms with Crippen LogP contribution in [-0.4, -0.2) is 56.7 Å². The van der Waals surface area contributed by atoms with Gasteiger partial charge in [-0.2, -0.15) is 5.26 Å². The predicted octanol–water partition coefficient (Wildman–Crippen LogP) is 2.52. The van der Waals surface area contributed by atoms with Gasteiger partial charge in [-0.15, -0.1) is 0 Å². The highest BCUT2D eigenvalue weighted by Crippen LogP contribution is 2.48. The molecule has 202 valence electrons. The predicted molar refractivity (Wildman–Crippen MR) is 141 cm³/mol. The first-order chi connectivity index (χ1) is 18.5. The fourth-order valence-electron chi connectivity index (χ4n) is 6.48. The molecule has 2 unspecified atom stereocenters. The van der Waals surface area contributed by atoms with Crippen LogP contribution in [0.2, 0.25) is 0 Å². The Kier molecular flexibility index (Phi) is 5.90. The summed E-state index contributed by atoms with van der Waals surface area (Å²) in [6, 6.07) is 13.6. The molecule has 0 radical (unpaired) electrons. The molecule has 1 aliphatic carbocycles. The summed E-state index contributed by atoms with van der Waals surface area (Å²) in [5.41, 5.74) is 1.83. The third-order valence-electron chi connectivity index (χ3n) is 9.20. The molecule has 4 heterocycles. The fourth-order valence-corrected chi connectivity index (χ4v) is 6.48. The Morgan fingerprint density at radius 2 is 1.85 bits per heavy atom. The molecule has 6 rings (SSSR count). The van der Waals surface area contributed by atoms with E-state index >= 15 is 0 Å². The summed E-state index contributed by atoms with van der Waals surface area (Å²) >= 11 is 0. The molecule has 1 saturated carbocycles. The number of hydrogen-bond donors (Lipinski definition) is 2. The van der Waals surface area contributed by atoms with Crippen LogP contribution in [0.3, 0.4) is 0 Å². The molecule has 3 aliphatic heterocycles. The van der Waals surface area contributed by atoms with Crippen LogP contribution in [0.25, 0.3) is 0 Å². The zero-order valence-electron chi connectivity index (χ0n) is 22.4. The smallest absolute Gasteiger partial charge is 0.256 e. The van der Waals surface area contributed by atoms with Crippen molar-refractivity contribution < 1.29 is 19.5 Å². The number of hydrogen-bond acceptors (Lipinski definition) is 7. The third kappa shape index (κ3) is 4.23. The highest BCUT2D eigenvalue weighted by Gasteiger charge is 2.50. The van der Waals surface area contributed by atoms with Crippen molar-refractivity contribution in [2.45, 2.75) is 76.1 Å². The fraction of sp³-hybridized carbons (Fsp3) is 0.500. The van der Waals surface area contributed by atoms with E-state index in [1.165, 1.54) is 10.5 Å². The molecule has 3 amide bonds. The number of carbonyl (C=O) groups excluding carboxylic acids is 3. The number of nitriles is 1. The molecule has 9 heteroatoms. The molecule has 2 atom stereocenters. The van der Waals surface area contributed by atoms with Gasteiger partial charge in [0.05, 0.1) is 35.0 Å². The van der Waals surface area contributed by atoms with Crippen molar-refractivity contribution in [3.8, 4) is 6.07 Å². The maximum atomic E-state index is 13.1. The number of carbonyl (C=O) groups is 3. The van der Waals surface area contributed by atoms with Gasteiger partial charge in [-0.05, 0) is 48.9 Å². The summed E-state index contributed by atoms with van der Waals surface area (Å²) in [6.45, 7) is 6.37. The van der Waals surface area contributed by atoms with Crippen LogP contribution >= 0.6 is 0 Å². The van der Waals surface area contributed by atoms with E-state index in [2.05, 4.69) is 40.6 Å². The zero-order valence-corrected chi connectivity index (χ0v) is 22.4. The Morgan fingerprint density at radius 3 is 2.49 bits per heavy atom. The number of nitrogens with one attached hydrogen (secondary N) is 1. The number of pyridine rings is 1. The molecule has 9 nitrogen and oxygen atoms in total. The van der Waals surface area contributed by atoms with Gasteiger partial charge in [-0.25, -0.2) is 0 Å². The van der Waals surface area contributed by atoms with Gasteiger partial charge in [-0.3, -0.25) is 29.6 Å². The second kappa shape index (κ2) is 8.97. The largest absolute Gasteiger partial charge is 0.383 e. The number of fused-ring (bicyclic) bond motifs is 1. The topological polar surface area (TPSA) is 127 Å². The summed E-state index contributed by atoms with van der Waals surface area (Å²) in [7, 11) is 0. The normalized spacial score (nSPS) is 27.6. The van der Waals surface area contributed by atoms with Gasteiger partial charge in [0, 0.05) is 31.5 Å². The van der Waals surface area contributed by atoms with E-state index in [0.29, 0.717) is 42.9 Å². The molecule has 3 fully saturated rings. The molecule has 0 spiro atoms. The van der Waals surface area contributed by atoms with Crippen molar-refractivity contribution in [3.05, 3.63) is 64.5 Å². The Bertz CT molecular complexity index is 1410. The standard InChI is InChI=1S/C30H33N5O4/c1-28(2)18-34(15-19-3-5-20(6-4-19)29(17-31)11-12-29)14-13-30(28,39)24-9-7-21-22(32-24)16-35(27(21)38)23-8-10-25(36)33-26(23)37/h3-7,9,23,39H,8,10-16,18H2,1-2H3,(H,33,36,37). The van der Waals surface area contributed by atoms with Crippen molar-refractivity contribution in [3.63, 3.8) is 0 Å². The van der Waals surface area contributed by atoms with Gasteiger partial charge in [-0.1, -0.05) is 38.1 Å². The SMILES string of the molecule is CC1(C)CN(Cc2ccc(C3(C#N)CC3)cc2)CCC1(O)c1ccc2c(n1)CN(C1CCC(=O)NC1=O)C2=O. The third-order valence-corrected chi connectivity index (χ3v) is 9.20. The minimum atomic E-state index is -1.18. The van der Waals surface area contributed by atoms with E-state index in [4.69, 9.17) is 4.98 Å². The first kappa shape index (κ1) is 25.7. The average molecular weight is 528 g/mol. The Hall–Kier alpha value is -3.61. The highest BCUT2D eigenvalue weighted by molar-refractivity contribution is 6.05. The summed E-state index contributed by atoms with van der Waals surface area (Å²) in [5, 5.41) is 23.8. The van der Waals surface area contributed by atoms with Crippen LogP contribution in [0.15, 0.2) is 36.4 Å². The van der Waals surface area contributed by atoms with Crippen molar-refractivity contribution in [2.75, 3.05) is 13.1 Å². The number of rotatable bonds is 5. The molecule has 4 aliphatic rings. The molecule has 0 bridgehead atoms. The lowest BCUT2D eigenvalue weighted by atomic mass is 9.68. The summed E-state index contributed by atoms with van der Waals surface area (Å²) in [4.78, 5) is 45.6. The monoisotopic (exact) mass is 527 g/mol. The van der Waals surface area contributed by atoms with Crippen LogP contribution in [-0.2, 0) is 33.7 Å². The summed E-state index contributed by atoms with van der Waals surface area (Å²) in [5.74, 6) is -1.04. The van der Waals surface area contributed by atoms with Gasteiger partial charge in [0.25, 0.3) is 5.91 Å². The second-order valence-electron chi connectivity index (χ2n) is 12.2. The quantitative estimate of drug-likeness (QED) is 0.572. The number of likely N-dealkylation sites (tertiary alicyclic amines) is 1. The number of aromatic nitrogens is 1. The molecule has 39 heavy (non-hydrogen) atoms. The maximum absolute atomic E-state index is 13.1. The van der Waals surface area contributed by atoms with Crippen molar-refractivity contribution in [1.82, 2.24) is 20.1 Å². The molecular formula is C30H33N5O4. The Labute approximate surface area is 227 Å². The lowest BCUT2D eigenvalue weighted by molar-refractivity contribution is -0.137. The van der Waals surface area contributed by atoms with Gasteiger partial charge in [0.1, 0.15) is 11.6 Å². The number of nitrogens with zero attached hydrogens (tertiary/aromatic N) is 4. The molecule has 2 N–H and O–H groups in total. The molecule has 1 aromatic heterocycles. The molecule has 2 saturated heterocycles. The van der Waals surface area contributed by atoms with Crippen LogP contribution in [0.5, 0.6) is 0 Å².